The summed E-state index contributed by atoms with van der Waals surface area (Å²) in [4.78, 5) is 16.0. The molecule has 2 heterocycles. The summed E-state index contributed by atoms with van der Waals surface area (Å²) in [6, 6.07) is 12.4. The molecule has 0 N–H and O–H groups in total. The Morgan fingerprint density at radius 3 is 2.55 bits per heavy atom. The topological polar surface area (TPSA) is 34.4 Å². The fourth-order valence-electron chi connectivity index (χ4n) is 2.04. The number of aryl methyl sites for hydroxylation is 2. The van der Waals surface area contributed by atoms with Crippen LogP contribution in [0.3, 0.4) is 0 Å². The van der Waals surface area contributed by atoms with Crippen LogP contribution in [0, 0.1) is 13.8 Å². The van der Waals surface area contributed by atoms with Crippen LogP contribution in [0.25, 0.3) is 5.65 Å². The Hall–Kier alpha value is -1.90. The van der Waals surface area contributed by atoms with Crippen LogP contribution >= 0.6 is 0 Å². The quantitative estimate of drug-likeness (QED) is 0.538. The molecule has 3 nitrogen and oxygen atoms in total. The number of rotatable bonds is 3. The van der Waals surface area contributed by atoms with Gasteiger partial charge in [0.1, 0.15) is 0 Å². The van der Waals surface area contributed by atoms with Gasteiger partial charge in [-0.15, -0.1) is 0 Å². The molecular weight excluding hydrogens is 315 g/mol. The Bertz CT molecular complexity index is 775. The Balaban J connectivity index is 2.06. The van der Waals surface area contributed by atoms with E-state index < -0.39 is 0 Å². The predicted octanol–water partition coefficient (Wildman–Crippen LogP) is 1.42. The van der Waals surface area contributed by atoms with Crippen LogP contribution in [0.4, 0.5) is 0 Å². The monoisotopic (exact) mass is 330 g/mol. The van der Waals surface area contributed by atoms with E-state index in [1.165, 1.54) is 10.0 Å². The number of fused-ring (bicyclic) bond motifs is 1. The van der Waals surface area contributed by atoms with Crippen LogP contribution in [0.2, 0.25) is 0 Å². The summed E-state index contributed by atoms with van der Waals surface area (Å²) < 4.78 is 3.99. The number of aromatic nitrogens is 2. The van der Waals surface area contributed by atoms with Gasteiger partial charge in [0.15, 0.2) is 0 Å². The molecule has 0 bridgehead atoms. The molecule has 3 aromatic rings. The van der Waals surface area contributed by atoms with Crippen molar-refractivity contribution >= 4 is 35.9 Å². The van der Waals surface area contributed by atoms with Crippen LogP contribution in [0.5, 0.6) is 0 Å². The third kappa shape index (κ3) is 2.40. The number of pyridine rings is 1. The van der Waals surface area contributed by atoms with E-state index in [0.717, 1.165) is 22.1 Å². The van der Waals surface area contributed by atoms with Crippen LogP contribution in [0.15, 0.2) is 42.6 Å². The molecule has 3 rings (SSSR count). The Kier molecular flexibility index (Phi) is 3.43. The fourth-order valence-corrected chi connectivity index (χ4v) is 3.90. The van der Waals surface area contributed by atoms with E-state index in [-0.39, 0.29) is 15.0 Å². The normalized spacial score (nSPS) is 10.9. The summed E-state index contributed by atoms with van der Waals surface area (Å²) in [5, 5.41) is 0. The molecule has 0 aliphatic rings. The van der Waals surface area contributed by atoms with Crippen LogP contribution < -0.4 is 9.05 Å². The molecule has 0 aliphatic heterocycles. The average Bonchev–Trinajstić information content (AvgIpc) is 2.77. The van der Waals surface area contributed by atoms with Gasteiger partial charge < -0.3 is 0 Å². The molecule has 0 atom stereocenters. The summed E-state index contributed by atoms with van der Waals surface area (Å²) in [5.74, 6) is 0. The zero-order chi connectivity index (χ0) is 14.1. The van der Waals surface area contributed by atoms with Gasteiger partial charge in [-0.1, -0.05) is 0 Å². The van der Waals surface area contributed by atoms with E-state index >= 15 is 0 Å². The van der Waals surface area contributed by atoms with Crippen LogP contribution in [0.1, 0.15) is 21.6 Å². The second kappa shape index (κ2) is 5.23. The first-order valence-corrected chi connectivity index (χ1v) is 8.07. The molecule has 4 heteroatoms. The van der Waals surface area contributed by atoms with Gasteiger partial charge in [-0.05, 0) is 0 Å². The van der Waals surface area contributed by atoms with Crippen LogP contribution in [-0.4, -0.2) is 30.6 Å². The van der Waals surface area contributed by atoms with Gasteiger partial charge in [0.2, 0.25) is 0 Å². The molecule has 100 valence electrons. The van der Waals surface area contributed by atoms with E-state index in [9.17, 15) is 4.79 Å². The molecule has 0 spiro atoms. The van der Waals surface area contributed by atoms with Crippen molar-refractivity contribution in [2.75, 3.05) is 0 Å². The minimum absolute atomic E-state index is 0.0455. The maximum atomic E-state index is 11.4. The first kappa shape index (κ1) is 13.1. The molecule has 0 saturated carbocycles. The number of benzene rings is 1. The first-order chi connectivity index (χ1) is 9.67. The van der Waals surface area contributed by atoms with Crippen molar-refractivity contribution in [3.63, 3.8) is 0 Å². The third-order valence-corrected chi connectivity index (χ3v) is 5.23. The van der Waals surface area contributed by atoms with Crippen molar-refractivity contribution < 1.29 is 4.79 Å². The Labute approximate surface area is 123 Å². The Morgan fingerprint density at radius 1 is 1.10 bits per heavy atom. The number of hydrogen-bond acceptors (Lipinski definition) is 2. The molecule has 0 aliphatic carbocycles. The summed E-state index contributed by atoms with van der Waals surface area (Å²) in [5.41, 5.74) is 3.90. The Morgan fingerprint density at radius 2 is 1.85 bits per heavy atom. The van der Waals surface area contributed by atoms with Gasteiger partial charge in [0, 0.05) is 0 Å². The minimum atomic E-state index is 0.0455. The van der Waals surface area contributed by atoms with Crippen LogP contribution in [-0.2, 0) is 0 Å². The second-order valence-electron chi connectivity index (χ2n) is 4.77. The first-order valence-electron chi connectivity index (χ1n) is 6.36. The van der Waals surface area contributed by atoms with Crippen molar-refractivity contribution in [2.24, 2.45) is 0 Å². The van der Waals surface area contributed by atoms with Crippen molar-refractivity contribution in [3.05, 3.63) is 59.4 Å². The molecule has 1 aromatic carbocycles. The summed E-state index contributed by atoms with van der Waals surface area (Å²) in [6.07, 6.45) is 2.82. The number of nitrogens with zero attached hydrogens (tertiary/aromatic N) is 2. The maximum absolute atomic E-state index is 11.4. The molecule has 0 saturated heterocycles. The second-order valence-corrected chi connectivity index (χ2v) is 7.00. The zero-order valence-corrected chi connectivity index (χ0v) is 13.0. The van der Waals surface area contributed by atoms with Crippen molar-refractivity contribution in [3.8, 4) is 0 Å². The fraction of sp³-hybridized carbons (Fsp3) is 0.125. The number of imidazole rings is 1. The van der Waals surface area contributed by atoms with E-state index in [2.05, 4.69) is 36.2 Å². The van der Waals surface area contributed by atoms with Gasteiger partial charge in [-0.3, -0.25) is 0 Å². The van der Waals surface area contributed by atoms with E-state index in [1.54, 1.807) is 0 Å². The molecule has 0 fully saturated rings. The van der Waals surface area contributed by atoms with Gasteiger partial charge >= 0.3 is 123 Å². The summed E-state index contributed by atoms with van der Waals surface area (Å²) in [7, 11) is 0. The summed E-state index contributed by atoms with van der Waals surface area (Å²) >= 11 is 0.0455. The number of carbonyl (C=O) groups is 1. The predicted molar refractivity (Wildman–Crippen MR) is 81.5 cm³/mol. The van der Waals surface area contributed by atoms with E-state index in [4.69, 9.17) is 0 Å². The average molecular weight is 329 g/mol. The molecule has 20 heavy (non-hydrogen) atoms. The molecule has 2 aromatic heterocycles. The van der Waals surface area contributed by atoms with E-state index in [0.29, 0.717) is 5.69 Å². The van der Waals surface area contributed by atoms with Gasteiger partial charge in [0.05, 0.1) is 0 Å². The zero-order valence-electron chi connectivity index (χ0n) is 11.3. The molecular formula is C16H14N2OSe. The van der Waals surface area contributed by atoms with Gasteiger partial charge in [-0.2, -0.15) is 0 Å². The van der Waals surface area contributed by atoms with E-state index in [1.807, 2.05) is 29.7 Å². The number of aldehydes is 1. The standard InChI is InChI=1S/C16H14N2OSe/c1-11-3-5-13(6-4-11)20-16-14(10-19)18-8-7-12(2)9-15(18)17-16/h3-10H,1-2H3. The third-order valence-electron chi connectivity index (χ3n) is 3.13. The SMILES string of the molecule is Cc1ccc([Se]c2nc3cc(C)ccn3c2C=O)cc1. The van der Waals surface area contributed by atoms with Crippen molar-refractivity contribution in [2.45, 2.75) is 13.8 Å². The van der Waals surface area contributed by atoms with Gasteiger partial charge in [0.25, 0.3) is 0 Å². The molecule has 0 unspecified atom stereocenters. The summed E-state index contributed by atoms with van der Waals surface area (Å²) in [6.45, 7) is 4.10. The van der Waals surface area contributed by atoms with Crippen molar-refractivity contribution in [1.29, 1.82) is 0 Å². The number of hydrogen-bond donors (Lipinski definition) is 0. The van der Waals surface area contributed by atoms with Crippen molar-refractivity contribution in [1.82, 2.24) is 9.38 Å². The molecule has 0 amide bonds. The van der Waals surface area contributed by atoms with Gasteiger partial charge in [-0.25, -0.2) is 0 Å². The number of carbonyl (C=O) groups excluding carboxylic acids is 1. The molecule has 0 radical (unpaired) electrons.